The van der Waals surface area contributed by atoms with E-state index >= 15 is 0 Å². The molecule has 1 aliphatic rings. The predicted octanol–water partition coefficient (Wildman–Crippen LogP) is 3.31. The molecule has 12 heteroatoms. The van der Waals surface area contributed by atoms with Gasteiger partial charge in [-0.15, -0.1) is 0 Å². The molecule has 0 atom stereocenters. The first-order chi connectivity index (χ1) is 17.9. The molecule has 200 valence electrons. The molecule has 4 rings (SSSR count). The van der Waals surface area contributed by atoms with Crippen LogP contribution in [0.3, 0.4) is 0 Å². The molecule has 0 aromatic heterocycles. The molecule has 0 spiro atoms. The summed E-state index contributed by atoms with van der Waals surface area (Å²) < 4.78 is 54.3. The van der Waals surface area contributed by atoms with Crippen LogP contribution in [0, 0.1) is 13.8 Å². The number of hydrogen-bond donors (Lipinski definition) is 3. The number of nitrogens with one attached hydrogen (secondary N) is 3. The average molecular weight is 557 g/mol. The quantitative estimate of drug-likeness (QED) is 0.440. The Bertz CT molecular complexity index is 1570. The van der Waals surface area contributed by atoms with Crippen molar-refractivity contribution in [1.82, 2.24) is 14.3 Å². The van der Waals surface area contributed by atoms with Gasteiger partial charge in [0.25, 0.3) is 20.0 Å². The molecule has 0 fully saturated rings. The first kappa shape index (κ1) is 27.1. The van der Waals surface area contributed by atoms with E-state index in [2.05, 4.69) is 10.0 Å². The largest absolute Gasteiger partial charge is 0.333 e. The second-order valence-electron chi connectivity index (χ2n) is 9.07. The number of sulfonamides is 2. The Morgan fingerprint density at radius 3 is 1.74 bits per heavy atom. The Kier molecular flexibility index (Phi) is 7.74. The topological polar surface area (TPSA) is 142 Å². The SMILES string of the molecule is Cc1ccc(S(=O)(=O)NC(=O)Nc2ccc3c(c2)CCN(C(=O)NS(=O)(=O)c2ccc(C)cc2)CC3)cc1. The molecular weight excluding hydrogens is 528 g/mol. The third-order valence-electron chi connectivity index (χ3n) is 6.16. The highest BCUT2D eigenvalue weighted by atomic mass is 32.2. The number of rotatable bonds is 5. The standard InChI is InChI=1S/C26H28N4O6S2/c1-18-3-9-23(10-4-18)37(33,34)28-25(31)27-22-8-7-20-13-15-30(16-14-21(20)17-22)26(32)29-38(35,36)24-11-5-19(2)6-12-24/h3-12,17H,13-16H2,1-2H3,(H,29,32)(H2,27,28,31). The van der Waals surface area contributed by atoms with Gasteiger partial charge in [-0.3, -0.25) is 0 Å². The molecule has 0 unspecified atom stereocenters. The monoisotopic (exact) mass is 556 g/mol. The Balaban J connectivity index is 1.38. The minimum atomic E-state index is -4.04. The molecule has 1 heterocycles. The molecule has 10 nitrogen and oxygen atoms in total. The van der Waals surface area contributed by atoms with E-state index in [9.17, 15) is 26.4 Å². The Morgan fingerprint density at radius 1 is 0.684 bits per heavy atom. The highest BCUT2D eigenvalue weighted by molar-refractivity contribution is 7.90. The number of nitrogens with zero attached hydrogens (tertiary/aromatic N) is 1. The molecule has 0 saturated heterocycles. The van der Waals surface area contributed by atoms with Crippen LogP contribution in [0.4, 0.5) is 15.3 Å². The summed E-state index contributed by atoms with van der Waals surface area (Å²) in [7, 11) is -8.04. The first-order valence-electron chi connectivity index (χ1n) is 11.8. The highest BCUT2D eigenvalue weighted by Gasteiger charge is 2.24. The van der Waals surface area contributed by atoms with Crippen molar-refractivity contribution in [3.8, 4) is 0 Å². The van der Waals surface area contributed by atoms with Crippen LogP contribution >= 0.6 is 0 Å². The zero-order valence-electron chi connectivity index (χ0n) is 20.9. The van der Waals surface area contributed by atoms with Gasteiger partial charge in [0.15, 0.2) is 0 Å². The van der Waals surface area contributed by atoms with Crippen molar-refractivity contribution in [3.63, 3.8) is 0 Å². The highest BCUT2D eigenvalue weighted by Crippen LogP contribution is 2.21. The van der Waals surface area contributed by atoms with Crippen LogP contribution in [0.25, 0.3) is 0 Å². The maximum atomic E-state index is 12.8. The molecule has 0 aliphatic carbocycles. The van der Waals surface area contributed by atoms with Gasteiger partial charge in [-0.2, -0.15) is 0 Å². The second kappa shape index (κ2) is 10.8. The van der Waals surface area contributed by atoms with Crippen molar-refractivity contribution in [2.45, 2.75) is 36.5 Å². The van der Waals surface area contributed by atoms with Gasteiger partial charge >= 0.3 is 12.1 Å². The molecule has 1 aliphatic heterocycles. The number of hydrogen-bond acceptors (Lipinski definition) is 6. The number of urea groups is 2. The zero-order valence-corrected chi connectivity index (χ0v) is 22.5. The van der Waals surface area contributed by atoms with Crippen molar-refractivity contribution in [3.05, 3.63) is 89.0 Å². The van der Waals surface area contributed by atoms with Crippen LogP contribution in [0.1, 0.15) is 22.3 Å². The Labute approximate surface area is 222 Å². The van der Waals surface area contributed by atoms with Crippen molar-refractivity contribution in [2.24, 2.45) is 0 Å². The molecular formula is C26H28N4O6S2. The number of carbonyl (C=O) groups excluding carboxylic acids is 2. The summed E-state index contributed by atoms with van der Waals surface area (Å²) >= 11 is 0. The summed E-state index contributed by atoms with van der Waals surface area (Å²) in [5, 5.41) is 2.54. The molecule has 3 aromatic carbocycles. The van der Waals surface area contributed by atoms with Gasteiger partial charge in [0.05, 0.1) is 9.79 Å². The van der Waals surface area contributed by atoms with Crippen LogP contribution in [0.5, 0.6) is 0 Å². The van der Waals surface area contributed by atoms with Crippen LogP contribution in [0.15, 0.2) is 76.5 Å². The fraction of sp³-hybridized carbons (Fsp3) is 0.231. The maximum absolute atomic E-state index is 12.8. The molecule has 0 bridgehead atoms. The summed E-state index contributed by atoms with van der Waals surface area (Å²) in [5.74, 6) is 0. The third-order valence-corrected chi connectivity index (χ3v) is 8.85. The Hall–Kier alpha value is -3.90. The van der Waals surface area contributed by atoms with Crippen molar-refractivity contribution in [2.75, 3.05) is 18.4 Å². The zero-order chi connectivity index (χ0) is 27.5. The van der Waals surface area contributed by atoms with Gasteiger partial charge in [0.2, 0.25) is 0 Å². The predicted molar refractivity (Wildman–Crippen MR) is 143 cm³/mol. The maximum Gasteiger partial charge on any atom is 0.333 e. The van der Waals surface area contributed by atoms with E-state index in [1.807, 2.05) is 18.6 Å². The number of carbonyl (C=O) groups is 2. The van der Waals surface area contributed by atoms with Gasteiger partial charge in [0.1, 0.15) is 0 Å². The van der Waals surface area contributed by atoms with Crippen LogP contribution in [-0.4, -0.2) is 46.9 Å². The summed E-state index contributed by atoms with van der Waals surface area (Å²) in [5.41, 5.74) is 3.99. The van der Waals surface area contributed by atoms with E-state index in [-0.39, 0.29) is 16.3 Å². The number of benzene rings is 3. The number of anilines is 1. The number of fused-ring (bicyclic) bond motifs is 1. The van der Waals surface area contributed by atoms with Gasteiger partial charge in [-0.05, 0) is 74.2 Å². The number of amides is 4. The molecule has 3 N–H and O–H groups in total. The lowest BCUT2D eigenvalue weighted by Crippen LogP contribution is -2.43. The van der Waals surface area contributed by atoms with E-state index < -0.39 is 32.1 Å². The lowest BCUT2D eigenvalue weighted by molar-refractivity contribution is 0.206. The summed E-state index contributed by atoms with van der Waals surface area (Å²) in [6.07, 6.45) is 0.910. The van der Waals surface area contributed by atoms with E-state index in [1.165, 1.54) is 29.2 Å². The van der Waals surface area contributed by atoms with Gasteiger partial charge in [-0.25, -0.2) is 35.9 Å². The van der Waals surface area contributed by atoms with Crippen molar-refractivity contribution >= 4 is 37.8 Å². The summed E-state index contributed by atoms with van der Waals surface area (Å²) in [6, 6.07) is 15.9. The van der Waals surface area contributed by atoms with Gasteiger partial charge < -0.3 is 10.2 Å². The smallest absolute Gasteiger partial charge is 0.323 e. The summed E-state index contributed by atoms with van der Waals surface area (Å²) in [4.78, 5) is 26.6. The summed E-state index contributed by atoms with van der Waals surface area (Å²) in [6.45, 7) is 4.24. The van der Waals surface area contributed by atoms with Crippen LogP contribution < -0.4 is 14.8 Å². The molecule has 3 aromatic rings. The molecule has 0 saturated carbocycles. The molecule has 4 amide bonds. The molecule has 38 heavy (non-hydrogen) atoms. The van der Waals surface area contributed by atoms with Crippen LogP contribution in [0.2, 0.25) is 0 Å². The van der Waals surface area contributed by atoms with Crippen molar-refractivity contribution < 1.29 is 26.4 Å². The van der Waals surface area contributed by atoms with E-state index in [0.717, 1.165) is 22.3 Å². The lowest BCUT2D eigenvalue weighted by atomic mass is 10.0. The third kappa shape index (κ3) is 6.50. The van der Waals surface area contributed by atoms with E-state index in [4.69, 9.17) is 0 Å². The fourth-order valence-electron chi connectivity index (χ4n) is 4.02. The van der Waals surface area contributed by atoms with E-state index in [0.29, 0.717) is 25.1 Å². The number of aryl methyl sites for hydroxylation is 2. The van der Waals surface area contributed by atoms with Crippen molar-refractivity contribution in [1.29, 1.82) is 0 Å². The second-order valence-corrected chi connectivity index (χ2v) is 12.4. The first-order valence-corrected chi connectivity index (χ1v) is 14.8. The van der Waals surface area contributed by atoms with Crippen LogP contribution in [-0.2, 0) is 32.9 Å². The fourth-order valence-corrected chi connectivity index (χ4v) is 5.90. The minimum absolute atomic E-state index is 0.00735. The van der Waals surface area contributed by atoms with Gasteiger partial charge in [-0.1, -0.05) is 41.5 Å². The minimum Gasteiger partial charge on any atom is -0.323 e. The normalized spacial score (nSPS) is 13.7. The van der Waals surface area contributed by atoms with E-state index in [1.54, 1.807) is 42.5 Å². The average Bonchev–Trinajstić information content (AvgIpc) is 3.06. The lowest BCUT2D eigenvalue weighted by Gasteiger charge is -2.20. The Morgan fingerprint density at radius 2 is 1.18 bits per heavy atom. The van der Waals surface area contributed by atoms with Gasteiger partial charge in [0, 0.05) is 18.8 Å². The molecule has 0 radical (unpaired) electrons.